The number of carbonyl (C=O) groups excluding carboxylic acids is 2. The van der Waals surface area contributed by atoms with Gasteiger partial charge in [0.05, 0.1) is 5.92 Å². The van der Waals surface area contributed by atoms with Crippen molar-refractivity contribution in [3.8, 4) is 0 Å². The standard InChI is InChI=1S/C15H27N3O3/c1-2-21-9-3-6-18-11-12(10-14(18)19)15(20)17-7-4-13(16)5-8-17/h12-13H,2-11,16H2,1H3. The molecule has 0 spiro atoms. The summed E-state index contributed by atoms with van der Waals surface area (Å²) in [6.45, 7) is 6.04. The lowest BCUT2D eigenvalue weighted by atomic mass is 10.0. The fourth-order valence-electron chi connectivity index (χ4n) is 3.03. The van der Waals surface area contributed by atoms with Gasteiger partial charge in [-0.3, -0.25) is 9.59 Å². The monoisotopic (exact) mass is 297 g/mol. The molecule has 2 saturated heterocycles. The van der Waals surface area contributed by atoms with Crippen molar-refractivity contribution in [1.29, 1.82) is 0 Å². The van der Waals surface area contributed by atoms with Crippen LogP contribution in [0.5, 0.6) is 0 Å². The highest BCUT2D eigenvalue weighted by molar-refractivity contribution is 5.89. The van der Waals surface area contributed by atoms with Crippen LogP contribution in [0.2, 0.25) is 0 Å². The number of hydrogen-bond acceptors (Lipinski definition) is 4. The zero-order valence-electron chi connectivity index (χ0n) is 12.9. The number of carbonyl (C=O) groups is 2. The molecule has 6 heteroatoms. The number of amides is 2. The van der Waals surface area contributed by atoms with E-state index in [0.29, 0.717) is 32.7 Å². The third-order valence-electron chi connectivity index (χ3n) is 4.34. The molecule has 1 unspecified atom stereocenters. The molecule has 1 atom stereocenters. The number of hydrogen-bond donors (Lipinski definition) is 1. The quantitative estimate of drug-likeness (QED) is 0.711. The highest BCUT2D eigenvalue weighted by atomic mass is 16.5. The molecule has 0 aromatic heterocycles. The highest BCUT2D eigenvalue weighted by Crippen LogP contribution is 2.22. The number of nitrogens with zero attached hydrogens (tertiary/aromatic N) is 2. The average molecular weight is 297 g/mol. The zero-order valence-corrected chi connectivity index (χ0v) is 12.9. The van der Waals surface area contributed by atoms with Gasteiger partial charge in [0.25, 0.3) is 0 Å². The molecular weight excluding hydrogens is 270 g/mol. The van der Waals surface area contributed by atoms with Crippen molar-refractivity contribution in [2.24, 2.45) is 11.7 Å². The lowest BCUT2D eigenvalue weighted by Gasteiger charge is -2.31. The largest absolute Gasteiger partial charge is 0.382 e. The molecule has 2 fully saturated rings. The van der Waals surface area contributed by atoms with Crippen LogP contribution in [0.15, 0.2) is 0 Å². The smallest absolute Gasteiger partial charge is 0.227 e. The maximum atomic E-state index is 12.5. The fourth-order valence-corrected chi connectivity index (χ4v) is 3.03. The molecule has 2 rings (SSSR count). The normalized spacial score (nSPS) is 23.9. The minimum absolute atomic E-state index is 0.0959. The van der Waals surface area contributed by atoms with Crippen LogP contribution in [-0.4, -0.2) is 67.0 Å². The van der Waals surface area contributed by atoms with Gasteiger partial charge in [0.1, 0.15) is 0 Å². The summed E-state index contributed by atoms with van der Waals surface area (Å²) in [6, 6.07) is 0.217. The Labute approximate surface area is 126 Å². The molecule has 6 nitrogen and oxygen atoms in total. The summed E-state index contributed by atoms with van der Waals surface area (Å²) in [5, 5.41) is 0. The Morgan fingerprint density at radius 1 is 1.38 bits per heavy atom. The molecule has 0 radical (unpaired) electrons. The first-order chi connectivity index (χ1) is 10.1. The molecule has 2 heterocycles. The van der Waals surface area contributed by atoms with Gasteiger partial charge in [0.15, 0.2) is 0 Å². The summed E-state index contributed by atoms with van der Waals surface area (Å²) in [5.41, 5.74) is 5.86. The van der Waals surface area contributed by atoms with Crippen LogP contribution in [0.25, 0.3) is 0 Å². The summed E-state index contributed by atoms with van der Waals surface area (Å²) < 4.78 is 5.28. The van der Waals surface area contributed by atoms with Crippen LogP contribution < -0.4 is 5.73 Å². The van der Waals surface area contributed by atoms with Crippen LogP contribution in [-0.2, 0) is 14.3 Å². The third-order valence-corrected chi connectivity index (χ3v) is 4.34. The van der Waals surface area contributed by atoms with Gasteiger partial charge < -0.3 is 20.3 Å². The second kappa shape index (κ2) is 7.75. The van der Waals surface area contributed by atoms with E-state index >= 15 is 0 Å². The molecule has 2 aliphatic rings. The van der Waals surface area contributed by atoms with Gasteiger partial charge >= 0.3 is 0 Å². The third kappa shape index (κ3) is 4.41. The van der Waals surface area contributed by atoms with E-state index in [2.05, 4.69) is 0 Å². The Bertz CT molecular complexity index is 367. The van der Waals surface area contributed by atoms with Crippen molar-refractivity contribution in [2.45, 2.75) is 38.6 Å². The molecule has 21 heavy (non-hydrogen) atoms. The Morgan fingerprint density at radius 3 is 2.76 bits per heavy atom. The number of piperidine rings is 1. The molecule has 2 N–H and O–H groups in total. The molecule has 2 aliphatic heterocycles. The second-order valence-corrected chi connectivity index (χ2v) is 5.95. The maximum Gasteiger partial charge on any atom is 0.227 e. The molecule has 0 aliphatic carbocycles. The van der Waals surface area contributed by atoms with Crippen molar-refractivity contribution >= 4 is 11.8 Å². The van der Waals surface area contributed by atoms with E-state index in [1.54, 1.807) is 4.90 Å². The van der Waals surface area contributed by atoms with Crippen LogP contribution >= 0.6 is 0 Å². The summed E-state index contributed by atoms with van der Waals surface area (Å²) in [6.07, 6.45) is 2.92. The van der Waals surface area contributed by atoms with Crippen LogP contribution in [0.3, 0.4) is 0 Å². The number of ether oxygens (including phenoxy) is 1. The predicted molar refractivity (Wildman–Crippen MR) is 79.6 cm³/mol. The van der Waals surface area contributed by atoms with Crippen LogP contribution in [0, 0.1) is 5.92 Å². The van der Waals surface area contributed by atoms with Crippen LogP contribution in [0.1, 0.15) is 32.6 Å². The van der Waals surface area contributed by atoms with Crippen molar-refractivity contribution in [3.05, 3.63) is 0 Å². The van der Waals surface area contributed by atoms with Gasteiger partial charge in [0, 0.05) is 51.9 Å². The Kier molecular flexibility index (Phi) is 5.99. The topological polar surface area (TPSA) is 75.9 Å². The lowest BCUT2D eigenvalue weighted by molar-refractivity contribution is -0.136. The first-order valence-electron chi connectivity index (χ1n) is 8.01. The second-order valence-electron chi connectivity index (χ2n) is 5.95. The minimum atomic E-state index is -0.168. The van der Waals surface area contributed by atoms with E-state index in [9.17, 15) is 9.59 Å². The molecule has 0 saturated carbocycles. The first-order valence-corrected chi connectivity index (χ1v) is 8.01. The summed E-state index contributed by atoms with van der Waals surface area (Å²) in [4.78, 5) is 28.1. The summed E-state index contributed by atoms with van der Waals surface area (Å²) >= 11 is 0. The van der Waals surface area contributed by atoms with Crippen molar-refractivity contribution in [3.63, 3.8) is 0 Å². The van der Waals surface area contributed by atoms with E-state index in [-0.39, 0.29) is 23.8 Å². The van der Waals surface area contributed by atoms with E-state index in [1.807, 2.05) is 11.8 Å². The van der Waals surface area contributed by atoms with Gasteiger partial charge in [-0.25, -0.2) is 0 Å². The van der Waals surface area contributed by atoms with Gasteiger partial charge in [-0.05, 0) is 26.2 Å². The first kappa shape index (κ1) is 16.2. The molecule has 2 amide bonds. The summed E-state index contributed by atoms with van der Waals surface area (Å²) in [7, 11) is 0. The Morgan fingerprint density at radius 2 is 2.10 bits per heavy atom. The van der Waals surface area contributed by atoms with E-state index in [4.69, 9.17) is 10.5 Å². The predicted octanol–water partition coefficient (Wildman–Crippen LogP) is 0.211. The molecule has 0 bridgehead atoms. The number of likely N-dealkylation sites (tertiary alicyclic amines) is 2. The zero-order chi connectivity index (χ0) is 15.2. The SMILES string of the molecule is CCOCCCN1CC(C(=O)N2CCC(N)CC2)CC1=O. The van der Waals surface area contributed by atoms with E-state index in [1.165, 1.54) is 0 Å². The average Bonchev–Trinajstić information content (AvgIpc) is 2.85. The van der Waals surface area contributed by atoms with Gasteiger partial charge in [-0.2, -0.15) is 0 Å². The Balaban J connectivity index is 1.77. The number of nitrogens with two attached hydrogens (primary N) is 1. The Hall–Kier alpha value is -1.14. The molecule has 0 aromatic carbocycles. The highest BCUT2D eigenvalue weighted by Gasteiger charge is 2.36. The minimum Gasteiger partial charge on any atom is -0.382 e. The summed E-state index contributed by atoms with van der Waals surface area (Å²) in [5.74, 6) is 0.0556. The molecule has 120 valence electrons. The van der Waals surface area contributed by atoms with E-state index in [0.717, 1.165) is 32.4 Å². The van der Waals surface area contributed by atoms with Gasteiger partial charge in [0.2, 0.25) is 11.8 Å². The molecule has 0 aromatic rings. The van der Waals surface area contributed by atoms with Crippen molar-refractivity contribution in [2.75, 3.05) is 39.4 Å². The molecular formula is C15H27N3O3. The van der Waals surface area contributed by atoms with E-state index < -0.39 is 0 Å². The van der Waals surface area contributed by atoms with Crippen molar-refractivity contribution < 1.29 is 14.3 Å². The van der Waals surface area contributed by atoms with Gasteiger partial charge in [-0.1, -0.05) is 0 Å². The maximum absolute atomic E-state index is 12.5. The van der Waals surface area contributed by atoms with Crippen LogP contribution in [0.4, 0.5) is 0 Å². The van der Waals surface area contributed by atoms with Gasteiger partial charge in [-0.15, -0.1) is 0 Å². The van der Waals surface area contributed by atoms with Crippen molar-refractivity contribution in [1.82, 2.24) is 9.80 Å². The fraction of sp³-hybridized carbons (Fsp3) is 0.867. The lowest BCUT2D eigenvalue weighted by Crippen LogP contribution is -2.45. The number of rotatable bonds is 6.